The summed E-state index contributed by atoms with van der Waals surface area (Å²) in [4.78, 5) is 10.7. The molecule has 0 saturated heterocycles. The van der Waals surface area contributed by atoms with Crippen LogP contribution in [0.15, 0.2) is 21.7 Å². The molecule has 0 aromatic heterocycles. The Bertz CT molecular complexity index is 476. The van der Waals surface area contributed by atoms with Gasteiger partial charge in [0.1, 0.15) is 6.61 Å². The van der Waals surface area contributed by atoms with Gasteiger partial charge in [-0.25, -0.2) is 5.43 Å². The van der Waals surface area contributed by atoms with Gasteiger partial charge in [-0.15, -0.1) is 0 Å². The Kier molecular flexibility index (Phi) is 3.60. The van der Waals surface area contributed by atoms with E-state index in [9.17, 15) is 4.79 Å². The first-order valence-corrected chi connectivity index (χ1v) is 5.52. The smallest absolute Gasteiger partial charge is 0.265 e. The molecule has 0 atom stereocenters. The highest BCUT2D eigenvalue weighted by Crippen LogP contribution is 2.36. The Balaban J connectivity index is 2.13. The van der Waals surface area contributed by atoms with E-state index in [0.717, 1.165) is 10.0 Å². The van der Waals surface area contributed by atoms with Crippen molar-refractivity contribution in [2.45, 2.75) is 0 Å². The average Bonchev–Trinajstić information content (AvgIpc) is 2.76. The Morgan fingerprint density at radius 2 is 2.24 bits per heavy atom. The summed E-state index contributed by atoms with van der Waals surface area (Å²) >= 11 is 3.35. The van der Waals surface area contributed by atoms with Gasteiger partial charge in [0.2, 0.25) is 6.79 Å². The number of nitrogens with zero attached hydrogens (tertiary/aromatic N) is 1. The average molecular weight is 301 g/mol. The lowest BCUT2D eigenvalue weighted by Crippen LogP contribution is -2.20. The van der Waals surface area contributed by atoms with Crippen LogP contribution in [0.4, 0.5) is 0 Å². The highest BCUT2D eigenvalue weighted by molar-refractivity contribution is 9.10. The summed E-state index contributed by atoms with van der Waals surface area (Å²) in [7, 11) is 0. The lowest BCUT2D eigenvalue weighted by atomic mass is 10.2. The van der Waals surface area contributed by atoms with Gasteiger partial charge in [0.25, 0.3) is 5.91 Å². The van der Waals surface area contributed by atoms with E-state index in [2.05, 4.69) is 26.5 Å². The van der Waals surface area contributed by atoms with Crippen molar-refractivity contribution in [1.29, 1.82) is 0 Å². The number of amides is 1. The zero-order chi connectivity index (χ0) is 12.3. The molecule has 0 unspecified atom stereocenters. The van der Waals surface area contributed by atoms with Crippen LogP contribution < -0.4 is 14.9 Å². The van der Waals surface area contributed by atoms with E-state index in [0.29, 0.717) is 11.5 Å². The van der Waals surface area contributed by atoms with Crippen molar-refractivity contribution in [1.82, 2.24) is 5.43 Å². The van der Waals surface area contributed by atoms with Gasteiger partial charge in [0.05, 0.1) is 6.21 Å². The Labute approximate surface area is 105 Å². The lowest BCUT2D eigenvalue weighted by Gasteiger charge is -2.01. The first kappa shape index (κ1) is 11.9. The minimum Gasteiger partial charge on any atom is -0.454 e. The molecule has 2 N–H and O–H groups in total. The molecule has 1 aliphatic rings. The highest BCUT2D eigenvalue weighted by Gasteiger charge is 2.15. The first-order valence-electron chi connectivity index (χ1n) is 4.72. The summed E-state index contributed by atoms with van der Waals surface area (Å²) < 4.78 is 11.2. The van der Waals surface area contributed by atoms with Gasteiger partial charge in [-0.1, -0.05) is 0 Å². The molecule has 0 fully saturated rings. The number of benzene rings is 1. The molecule has 0 radical (unpaired) electrons. The van der Waals surface area contributed by atoms with Crippen LogP contribution in [0.1, 0.15) is 5.56 Å². The first-order chi connectivity index (χ1) is 8.20. The van der Waals surface area contributed by atoms with E-state index < -0.39 is 12.5 Å². The molecular formula is C10H9BrN2O4. The van der Waals surface area contributed by atoms with Crippen molar-refractivity contribution in [3.05, 3.63) is 22.2 Å². The molecule has 1 aromatic rings. The van der Waals surface area contributed by atoms with Gasteiger partial charge in [-0.05, 0) is 28.1 Å². The standard InChI is InChI=1S/C10H9BrN2O4/c11-7-2-9-8(16-5-17-9)1-6(7)3-12-13-10(15)4-14/h1-3,14H,4-5H2,(H,13,15)/b12-3+. The second-order valence-corrected chi connectivity index (χ2v) is 4.03. The number of nitrogens with one attached hydrogen (secondary N) is 1. The third-order valence-corrected chi connectivity index (χ3v) is 2.72. The van der Waals surface area contributed by atoms with Gasteiger partial charge in [0, 0.05) is 10.0 Å². The Morgan fingerprint density at radius 1 is 1.53 bits per heavy atom. The van der Waals surface area contributed by atoms with Crippen LogP contribution in [-0.4, -0.2) is 30.6 Å². The molecule has 90 valence electrons. The number of carbonyl (C=O) groups excluding carboxylic acids is 1. The summed E-state index contributed by atoms with van der Waals surface area (Å²) in [5.74, 6) is 0.717. The van der Waals surface area contributed by atoms with Crippen molar-refractivity contribution < 1.29 is 19.4 Å². The molecule has 2 rings (SSSR count). The van der Waals surface area contributed by atoms with Crippen molar-refractivity contribution >= 4 is 28.1 Å². The summed E-state index contributed by atoms with van der Waals surface area (Å²) in [5, 5.41) is 12.2. The third-order valence-electron chi connectivity index (χ3n) is 2.03. The molecule has 1 aromatic carbocycles. The maximum atomic E-state index is 10.7. The predicted octanol–water partition coefficient (Wildman–Crippen LogP) is 0.620. The largest absolute Gasteiger partial charge is 0.454 e. The van der Waals surface area contributed by atoms with Gasteiger partial charge in [-0.3, -0.25) is 4.79 Å². The van der Waals surface area contributed by atoms with Gasteiger partial charge in [-0.2, -0.15) is 5.10 Å². The van der Waals surface area contributed by atoms with Crippen LogP contribution in [0, 0.1) is 0 Å². The van der Waals surface area contributed by atoms with Crippen molar-refractivity contribution in [2.24, 2.45) is 5.10 Å². The van der Waals surface area contributed by atoms with Crippen LogP contribution in [0.25, 0.3) is 0 Å². The van der Waals surface area contributed by atoms with Gasteiger partial charge in [0.15, 0.2) is 11.5 Å². The molecule has 6 nitrogen and oxygen atoms in total. The summed E-state index contributed by atoms with van der Waals surface area (Å²) in [6.45, 7) is -0.400. The number of fused-ring (bicyclic) bond motifs is 1. The minimum absolute atomic E-state index is 0.198. The molecule has 17 heavy (non-hydrogen) atoms. The summed E-state index contributed by atoms with van der Waals surface area (Å²) in [6.07, 6.45) is 1.44. The topological polar surface area (TPSA) is 80.2 Å². The second-order valence-electron chi connectivity index (χ2n) is 3.18. The third kappa shape index (κ3) is 2.75. The molecule has 1 amide bonds. The van der Waals surface area contributed by atoms with Gasteiger partial charge < -0.3 is 14.6 Å². The number of hydrazone groups is 1. The van der Waals surface area contributed by atoms with Crippen molar-refractivity contribution in [3.63, 3.8) is 0 Å². The normalized spacial score (nSPS) is 13.1. The van der Waals surface area contributed by atoms with Crippen LogP contribution in [-0.2, 0) is 4.79 Å². The SMILES string of the molecule is O=C(CO)N/N=C/c1cc2c(cc1Br)OCO2. The number of hydrogen-bond acceptors (Lipinski definition) is 5. The van der Waals surface area contributed by atoms with E-state index in [1.165, 1.54) is 6.21 Å². The maximum Gasteiger partial charge on any atom is 0.265 e. The zero-order valence-electron chi connectivity index (χ0n) is 8.64. The molecule has 0 bridgehead atoms. The van der Waals surface area contributed by atoms with Crippen LogP contribution >= 0.6 is 15.9 Å². The minimum atomic E-state index is -0.598. The van der Waals surface area contributed by atoms with Crippen LogP contribution in [0.5, 0.6) is 11.5 Å². The Hall–Kier alpha value is -1.60. The van der Waals surface area contributed by atoms with E-state index in [1.807, 2.05) is 0 Å². The number of hydrogen-bond donors (Lipinski definition) is 2. The number of rotatable bonds is 3. The van der Waals surface area contributed by atoms with E-state index in [-0.39, 0.29) is 6.79 Å². The lowest BCUT2D eigenvalue weighted by molar-refractivity contribution is -0.123. The number of carbonyl (C=O) groups is 1. The molecule has 0 spiro atoms. The summed E-state index contributed by atoms with van der Waals surface area (Å²) in [5.41, 5.74) is 2.89. The summed E-state index contributed by atoms with van der Waals surface area (Å²) in [6, 6.07) is 3.50. The number of aliphatic hydroxyl groups excluding tert-OH is 1. The fourth-order valence-electron chi connectivity index (χ4n) is 1.24. The predicted molar refractivity (Wildman–Crippen MR) is 63.1 cm³/mol. The number of aliphatic hydroxyl groups is 1. The number of halogens is 1. The zero-order valence-corrected chi connectivity index (χ0v) is 10.2. The Morgan fingerprint density at radius 3 is 2.94 bits per heavy atom. The maximum absolute atomic E-state index is 10.7. The second kappa shape index (κ2) is 5.15. The quantitative estimate of drug-likeness (QED) is 0.633. The number of ether oxygens (including phenoxy) is 2. The monoisotopic (exact) mass is 300 g/mol. The molecule has 1 heterocycles. The molecular weight excluding hydrogens is 292 g/mol. The molecule has 0 aliphatic carbocycles. The fourth-order valence-corrected chi connectivity index (χ4v) is 1.67. The molecule has 0 saturated carbocycles. The van der Waals surface area contributed by atoms with Crippen molar-refractivity contribution in [3.8, 4) is 11.5 Å². The van der Waals surface area contributed by atoms with Crippen LogP contribution in [0.3, 0.4) is 0 Å². The van der Waals surface area contributed by atoms with E-state index in [1.54, 1.807) is 12.1 Å². The van der Waals surface area contributed by atoms with E-state index in [4.69, 9.17) is 14.6 Å². The van der Waals surface area contributed by atoms with Crippen molar-refractivity contribution in [2.75, 3.05) is 13.4 Å². The fraction of sp³-hybridized carbons (Fsp3) is 0.200. The highest BCUT2D eigenvalue weighted by atomic mass is 79.9. The van der Waals surface area contributed by atoms with Crippen LogP contribution in [0.2, 0.25) is 0 Å². The van der Waals surface area contributed by atoms with E-state index >= 15 is 0 Å². The van der Waals surface area contributed by atoms with Gasteiger partial charge >= 0.3 is 0 Å². The molecule has 1 aliphatic heterocycles. The molecule has 7 heteroatoms.